The monoisotopic (exact) mass is 156 g/mol. The van der Waals surface area contributed by atoms with Gasteiger partial charge >= 0.3 is 0 Å². The Bertz CT molecular complexity index is 162. The highest BCUT2D eigenvalue weighted by Crippen LogP contribution is 1.99. The van der Waals surface area contributed by atoms with Crippen LogP contribution in [0.25, 0.3) is 0 Å². The smallest absolute Gasteiger partial charge is 0.143 e. The molecule has 1 aliphatic heterocycles. The normalized spacial score (nSPS) is 14.5. The Morgan fingerprint density at radius 2 is 2.09 bits per heavy atom. The second kappa shape index (κ2) is 4.73. The third-order valence-electron chi connectivity index (χ3n) is 1.08. The van der Waals surface area contributed by atoms with Gasteiger partial charge in [-0.25, -0.2) is 10.5 Å². The molecule has 0 bridgehead atoms. The van der Waals surface area contributed by atoms with Gasteiger partial charge in [0.15, 0.2) is 0 Å². The van der Waals surface area contributed by atoms with Crippen molar-refractivity contribution in [1.29, 1.82) is 0 Å². The van der Waals surface area contributed by atoms with Crippen molar-refractivity contribution >= 4 is 5.84 Å². The summed E-state index contributed by atoms with van der Waals surface area (Å²) in [7, 11) is 0. The second-order valence-electron chi connectivity index (χ2n) is 1.95. The van der Waals surface area contributed by atoms with Crippen LogP contribution in [0.5, 0.6) is 0 Å². The number of allylic oxidation sites excluding steroid dienone is 1. The largest absolute Gasteiger partial charge is 0.248 e. The van der Waals surface area contributed by atoms with Crippen molar-refractivity contribution in [3.8, 4) is 0 Å². The molecule has 0 aromatic rings. The zero-order valence-electron chi connectivity index (χ0n) is 7.60. The van der Waals surface area contributed by atoms with E-state index in [1.807, 2.05) is 27.7 Å². The molecule has 0 amide bonds. The van der Waals surface area contributed by atoms with E-state index in [-0.39, 0.29) is 0 Å². The lowest BCUT2D eigenvalue weighted by atomic mass is 10.5. The first kappa shape index (κ1) is 9.97. The van der Waals surface area contributed by atoms with Crippen LogP contribution < -0.4 is 11.1 Å². The van der Waals surface area contributed by atoms with Crippen LogP contribution in [0.1, 0.15) is 27.7 Å². The van der Waals surface area contributed by atoms with E-state index in [9.17, 15) is 0 Å². The summed E-state index contributed by atoms with van der Waals surface area (Å²) in [5.74, 6) is 0.877. The van der Waals surface area contributed by atoms with Gasteiger partial charge in [-0.05, 0) is 13.8 Å². The molecule has 0 aromatic heterocycles. The molecule has 64 valence electrons. The molecule has 0 aliphatic carbocycles. The Morgan fingerprint density at radius 3 is 2.27 bits per heavy atom. The highest BCUT2D eigenvalue weighted by molar-refractivity contribution is 5.81. The molecule has 1 heterocycles. The SMILES string of the molecule is C=C(C)N1NNN=C1C.CC. The van der Waals surface area contributed by atoms with E-state index >= 15 is 0 Å². The quantitative estimate of drug-likeness (QED) is 0.599. The molecule has 4 nitrogen and oxygen atoms in total. The summed E-state index contributed by atoms with van der Waals surface area (Å²) >= 11 is 0. The van der Waals surface area contributed by atoms with Gasteiger partial charge in [0.05, 0.1) is 0 Å². The van der Waals surface area contributed by atoms with Gasteiger partial charge in [-0.15, -0.1) is 10.6 Å². The van der Waals surface area contributed by atoms with E-state index in [0.717, 1.165) is 11.5 Å². The Balaban J connectivity index is 0.000000461. The van der Waals surface area contributed by atoms with Gasteiger partial charge in [0.1, 0.15) is 5.84 Å². The van der Waals surface area contributed by atoms with Crippen molar-refractivity contribution in [1.82, 2.24) is 16.1 Å². The molecular weight excluding hydrogens is 140 g/mol. The number of hydrogen-bond donors (Lipinski definition) is 2. The molecule has 0 unspecified atom stereocenters. The molecule has 0 radical (unpaired) electrons. The van der Waals surface area contributed by atoms with Gasteiger partial charge in [-0.1, -0.05) is 20.4 Å². The van der Waals surface area contributed by atoms with Crippen molar-refractivity contribution in [3.05, 3.63) is 12.3 Å². The molecule has 0 aromatic carbocycles. The van der Waals surface area contributed by atoms with Gasteiger partial charge in [-0.2, -0.15) is 0 Å². The maximum atomic E-state index is 3.86. The van der Waals surface area contributed by atoms with Crippen LogP contribution in [0.2, 0.25) is 0 Å². The summed E-state index contributed by atoms with van der Waals surface area (Å²) in [6.07, 6.45) is 0. The molecule has 2 N–H and O–H groups in total. The lowest BCUT2D eigenvalue weighted by Crippen LogP contribution is -2.38. The van der Waals surface area contributed by atoms with Gasteiger partial charge in [0.2, 0.25) is 0 Å². The number of hydrazine groups is 2. The average molecular weight is 156 g/mol. The van der Waals surface area contributed by atoms with Crippen LogP contribution in [0.15, 0.2) is 17.4 Å². The van der Waals surface area contributed by atoms with Crippen LogP contribution in [0, 0.1) is 0 Å². The van der Waals surface area contributed by atoms with Crippen LogP contribution in [-0.2, 0) is 0 Å². The first-order valence-corrected chi connectivity index (χ1v) is 3.72. The van der Waals surface area contributed by atoms with Crippen molar-refractivity contribution < 1.29 is 0 Å². The van der Waals surface area contributed by atoms with Gasteiger partial charge in [0, 0.05) is 5.70 Å². The molecule has 1 aliphatic rings. The van der Waals surface area contributed by atoms with Crippen LogP contribution in [0.4, 0.5) is 0 Å². The maximum Gasteiger partial charge on any atom is 0.143 e. The highest BCUT2D eigenvalue weighted by Gasteiger charge is 2.10. The summed E-state index contributed by atoms with van der Waals surface area (Å²) in [6.45, 7) is 11.5. The predicted molar refractivity (Wildman–Crippen MR) is 47.4 cm³/mol. The zero-order chi connectivity index (χ0) is 8.85. The fourth-order valence-electron chi connectivity index (χ4n) is 0.658. The standard InChI is InChI=1S/C5H10N4.C2H6/c1-4(2)9-5(3)6-7-8-9;1-2/h7-8H,1H2,2-3H3;1-2H3. The van der Waals surface area contributed by atoms with Crippen LogP contribution >= 0.6 is 0 Å². The number of hydrogen-bond acceptors (Lipinski definition) is 4. The fourth-order valence-corrected chi connectivity index (χ4v) is 0.658. The molecular formula is C7H16N4. The van der Waals surface area contributed by atoms with E-state index in [2.05, 4.69) is 22.7 Å². The first-order chi connectivity index (χ1) is 5.22. The van der Waals surface area contributed by atoms with E-state index in [1.54, 1.807) is 5.01 Å². The lowest BCUT2D eigenvalue weighted by Gasteiger charge is -2.15. The second-order valence-corrected chi connectivity index (χ2v) is 1.95. The lowest BCUT2D eigenvalue weighted by molar-refractivity contribution is 0.357. The Kier molecular flexibility index (Phi) is 4.29. The molecule has 0 fully saturated rings. The van der Waals surface area contributed by atoms with Gasteiger partial charge < -0.3 is 0 Å². The molecule has 0 atom stereocenters. The number of nitrogens with zero attached hydrogens (tertiary/aromatic N) is 2. The van der Waals surface area contributed by atoms with Crippen molar-refractivity contribution in [3.63, 3.8) is 0 Å². The molecule has 0 saturated heterocycles. The zero-order valence-corrected chi connectivity index (χ0v) is 7.60. The Labute approximate surface area is 67.9 Å². The predicted octanol–water partition coefficient (Wildman–Crippen LogP) is 1.20. The van der Waals surface area contributed by atoms with Crippen molar-refractivity contribution in [2.75, 3.05) is 0 Å². The minimum atomic E-state index is 0.877. The van der Waals surface area contributed by atoms with E-state index in [1.165, 1.54) is 0 Å². The fraction of sp³-hybridized carbons (Fsp3) is 0.571. The van der Waals surface area contributed by atoms with E-state index in [4.69, 9.17) is 0 Å². The summed E-state index contributed by atoms with van der Waals surface area (Å²) in [6, 6.07) is 0. The minimum absolute atomic E-state index is 0.877. The molecule has 0 saturated carbocycles. The molecule has 1 rings (SSSR count). The molecule has 4 heteroatoms. The van der Waals surface area contributed by atoms with Crippen molar-refractivity contribution in [2.45, 2.75) is 27.7 Å². The summed E-state index contributed by atoms with van der Waals surface area (Å²) in [5.41, 5.74) is 6.31. The summed E-state index contributed by atoms with van der Waals surface area (Å²) in [5, 5.41) is 5.62. The van der Waals surface area contributed by atoms with Crippen LogP contribution in [0.3, 0.4) is 0 Å². The van der Waals surface area contributed by atoms with E-state index in [0.29, 0.717) is 0 Å². The molecule has 11 heavy (non-hydrogen) atoms. The summed E-state index contributed by atoms with van der Waals surface area (Å²) < 4.78 is 0. The maximum absolute atomic E-state index is 3.86. The topological polar surface area (TPSA) is 39.7 Å². The average Bonchev–Trinajstić information content (AvgIpc) is 2.39. The number of amidine groups is 1. The molecule has 0 spiro atoms. The number of hydrazone groups is 1. The number of nitrogens with one attached hydrogen (secondary N) is 2. The first-order valence-electron chi connectivity index (χ1n) is 3.72. The van der Waals surface area contributed by atoms with E-state index < -0.39 is 0 Å². The van der Waals surface area contributed by atoms with Crippen molar-refractivity contribution in [2.24, 2.45) is 5.10 Å². The highest BCUT2D eigenvalue weighted by atomic mass is 15.8. The van der Waals surface area contributed by atoms with Gasteiger partial charge in [0.25, 0.3) is 0 Å². The Hall–Kier alpha value is -1.03. The Morgan fingerprint density at radius 1 is 1.55 bits per heavy atom. The minimum Gasteiger partial charge on any atom is -0.248 e. The van der Waals surface area contributed by atoms with Crippen LogP contribution in [-0.4, -0.2) is 10.8 Å². The third kappa shape index (κ3) is 2.59. The summed E-state index contributed by atoms with van der Waals surface area (Å²) in [4.78, 5) is 0. The third-order valence-corrected chi connectivity index (χ3v) is 1.08. The number of rotatable bonds is 1. The van der Waals surface area contributed by atoms with Gasteiger partial charge in [-0.3, -0.25) is 0 Å².